The van der Waals surface area contributed by atoms with Crippen molar-refractivity contribution in [2.24, 2.45) is 11.8 Å². The zero-order chi connectivity index (χ0) is 11.6. The summed E-state index contributed by atoms with van der Waals surface area (Å²) in [6.07, 6.45) is 13.2. The molecule has 0 spiro atoms. The average Bonchev–Trinajstić information content (AvgIpc) is 2.35. The second-order valence-corrected chi connectivity index (χ2v) is 6.53. The molecule has 1 fully saturated rings. The van der Waals surface area contributed by atoms with Gasteiger partial charge in [-0.3, -0.25) is 0 Å². The van der Waals surface area contributed by atoms with Crippen molar-refractivity contribution < 1.29 is 0 Å². The summed E-state index contributed by atoms with van der Waals surface area (Å²) in [4.78, 5) is 0. The molecule has 1 aliphatic rings. The van der Waals surface area contributed by atoms with Crippen LogP contribution in [0.25, 0.3) is 0 Å². The van der Waals surface area contributed by atoms with E-state index < -0.39 is 0 Å². The highest BCUT2D eigenvalue weighted by Crippen LogP contribution is 2.28. The highest BCUT2D eigenvalue weighted by Gasteiger charge is 2.14. The maximum Gasteiger partial charge on any atom is -0.00390 e. The van der Waals surface area contributed by atoms with Crippen LogP contribution in [0.3, 0.4) is 0 Å². The van der Waals surface area contributed by atoms with Crippen molar-refractivity contribution in [3.05, 3.63) is 0 Å². The first-order chi connectivity index (χ1) is 7.86. The minimum absolute atomic E-state index is 0.994. The van der Waals surface area contributed by atoms with E-state index in [1.807, 2.05) is 0 Å². The summed E-state index contributed by atoms with van der Waals surface area (Å²) in [6.45, 7) is 4.67. The Bertz CT molecular complexity index is 150. The standard InChI is InChI=1S/C15H30S/c1-3-5-9-14(4-2)12-16-13-15-10-7-6-8-11-15/h14-15H,3-13H2,1-2H3. The molecule has 0 aromatic rings. The van der Waals surface area contributed by atoms with Gasteiger partial charge in [0.05, 0.1) is 0 Å². The first-order valence-corrected chi connectivity index (χ1v) is 8.60. The summed E-state index contributed by atoms with van der Waals surface area (Å²) in [5.41, 5.74) is 0. The molecule has 1 heteroatoms. The van der Waals surface area contributed by atoms with Crippen molar-refractivity contribution in [2.45, 2.75) is 71.6 Å². The third-order valence-corrected chi connectivity index (χ3v) is 5.39. The molecule has 0 nitrogen and oxygen atoms in total. The van der Waals surface area contributed by atoms with E-state index in [0.717, 1.165) is 11.8 Å². The van der Waals surface area contributed by atoms with E-state index in [1.54, 1.807) is 0 Å². The van der Waals surface area contributed by atoms with Gasteiger partial charge in [-0.25, -0.2) is 0 Å². The van der Waals surface area contributed by atoms with Crippen molar-refractivity contribution in [1.82, 2.24) is 0 Å². The van der Waals surface area contributed by atoms with Gasteiger partial charge in [0, 0.05) is 0 Å². The quantitative estimate of drug-likeness (QED) is 0.540. The van der Waals surface area contributed by atoms with Crippen molar-refractivity contribution in [3.63, 3.8) is 0 Å². The van der Waals surface area contributed by atoms with Crippen molar-refractivity contribution >= 4 is 11.8 Å². The van der Waals surface area contributed by atoms with Gasteiger partial charge >= 0.3 is 0 Å². The van der Waals surface area contributed by atoms with Gasteiger partial charge in [-0.15, -0.1) is 0 Å². The van der Waals surface area contributed by atoms with Crippen LogP contribution in [0.4, 0.5) is 0 Å². The van der Waals surface area contributed by atoms with E-state index in [1.165, 1.54) is 69.3 Å². The summed E-state index contributed by atoms with van der Waals surface area (Å²) in [5.74, 6) is 4.92. The van der Waals surface area contributed by atoms with Crippen LogP contribution < -0.4 is 0 Å². The third-order valence-electron chi connectivity index (χ3n) is 3.98. The molecular formula is C15H30S. The summed E-state index contributed by atoms with van der Waals surface area (Å²) in [5, 5.41) is 0. The zero-order valence-corrected chi connectivity index (χ0v) is 12.2. The van der Waals surface area contributed by atoms with Crippen molar-refractivity contribution in [1.29, 1.82) is 0 Å². The lowest BCUT2D eigenvalue weighted by molar-refractivity contribution is 0.390. The van der Waals surface area contributed by atoms with E-state index in [9.17, 15) is 0 Å². The van der Waals surface area contributed by atoms with E-state index in [2.05, 4.69) is 25.6 Å². The fourth-order valence-electron chi connectivity index (χ4n) is 2.65. The van der Waals surface area contributed by atoms with Crippen LogP contribution in [-0.2, 0) is 0 Å². The molecule has 0 saturated heterocycles. The molecule has 0 heterocycles. The van der Waals surface area contributed by atoms with Gasteiger partial charge in [0.15, 0.2) is 0 Å². The van der Waals surface area contributed by atoms with Crippen LogP contribution in [-0.4, -0.2) is 11.5 Å². The van der Waals surface area contributed by atoms with Crippen molar-refractivity contribution in [3.8, 4) is 0 Å². The molecule has 0 amide bonds. The van der Waals surface area contributed by atoms with Gasteiger partial charge in [0.25, 0.3) is 0 Å². The molecule has 0 aliphatic heterocycles. The monoisotopic (exact) mass is 242 g/mol. The average molecular weight is 242 g/mol. The lowest BCUT2D eigenvalue weighted by Gasteiger charge is -2.22. The van der Waals surface area contributed by atoms with E-state index in [-0.39, 0.29) is 0 Å². The Morgan fingerprint density at radius 1 is 1.12 bits per heavy atom. The van der Waals surface area contributed by atoms with E-state index in [4.69, 9.17) is 0 Å². The van der Waals surface area contributed by atoms with Crippen LogP contribution in [0.1, 0.15) is 71.6 Å². The summed E-state index contributed by atoms with van der Waals surface area (Å²) in [6, 6.07) is 0. The maximum atomic E-state index is 2.36. The fraction of sp³-hybridized carbons (Fsp3) is 1.00. The predicted molar refractivity (Wildman–Crippen MR) is 77.2 cm³/mol. The second-order valence-electron chi connectivity index (χ2n) is 5.46. The molecule has 1 unspecified atom stereocenters. The van der Waals surface area contributed by atoms with Gasteiger partial charge in [-0.2, -0.15) is 11.8 Å². The number of hydrogen-bond acceptors (Lipinski definition) is 1. The smallest absolute Gasteiger partial charge is 0.00390 e. The number of unbranched alkanes of at least 4 members (excludes halogenated alkanes) is 1. The molecule has 0 N–H and O–H groups in total. The second kappa shape index (κ2) is 9.39. The number of rotatable bonds is 8. The highest BCUT2D eigenvalue weighted by molar-refractivity contribution is 7.99. The Morgan fingerprint density at radius 3 is 2.50 bits per heavy atom. The molecule has 1 rings (SSSR count). The minimum Gasteiger partial charge on any atom is -0.161 e. The highest BCUT2D eigenvalue weighted by atomic mass is 32.2. The zero-order valence-electron chi connectivity index (χ0n) is 11.3. The van der Waals surface area contributed by atoms with Crippen LogP contribution in [0.5, 0.6) is 0 Å². The molecule has 1 atom stereocenters. The van der Waals surface area contributed by atoms with E-state index in [0.29, 0.717) is 0 Å². The van der Waals surface area contributed by atoms with Crippen LogP contribution >= 0.6 is 11.8 Å². The fourth-order valence-corrected chi connectivity index (χ4v) is 4.19. The summed E-state index contributed by atoms with van der Waals surface area (Å²) >= 11 is 2.24. The molecule has 1 aliphatic carbocycles. The molecule has 16 heavy (non-hydrogen) atoms. The summed E-state index contributed by atoms with van der Waals surface area (Å²) in [7, 11) is 0. The van der Waals surface area contributed by atoms with Crippen LogP contribution in [0.15, 0.2) is 0 Å². The Balaban J connectivity index is 2.02. The Morgan fingerprint density at radius 2 is 1.88 bits per heavy atom. The van der Waals surface area contributed by atoms with Crippen LogP contribution in [0, 0.1) is 11.8 Å². The van der Waals surface area contributed by atoms with Gasteiger partial charge < -0.3 is 0 Å². The van der Waals surface area contributed by atoms with Crippen LogP contribution in [0.2, 0.25) is 0 Å². The lowest BCUT2D eigenvalue weighted by atomic mass is 9.91. The number of hydrogen-bond donors (Lipinski definition) is 0. The minimum atomic E-state index is 0.994. The van der Waals surface area contributed by atoms with Gasteiger partial charge in [-0.1, -0.05) is 52.4 Å². The van der Waals surface area contributed by atoms with Crippen molar-refractivity contribution in [2.75, 3.05) is 11.5 Å². The molecule has 0 aromatic carbocycles. The third kappa shape index (κ3) is 6.18. The number of thioether (sulfide) groups is 1. The van der Waals surface area contributed by atoms with Gasteiger partial charge in [0.2, 0.25) is 0 Å². The largest absolute Gasteiger partial charge is 0.161 e. The summed E-state index contributed by atoms with van der Waals surface area (Å²) < 4.78 is 0. The maximum absolute atomic E-state index is 2.36. The van der Waals surface area contributed by atoms with Gasteiger partial charge in [0.1, 0.15) is 0 Å². The van der Waals surface area contributed by atoms with Gasteiger partial charge in [-0.05, 0) is 42.6 Å². The molecule has 1 saturated carbocycles. The molecule has 96 valence electrons. The first-order valence-electron chi connectivity index (χ1n) is 7.44. The van der Waals surface area contributed by atoms with E-state index >= 15 is 0 Å². The first kappa shape index (κ1) is 14.4. The SMILES string of the molecule is CCCCC(CC)CSCC1CCCCC1. The predicted octanol–water partition coefficient (Wildman–Crippen LogP) is 5.52. The Kier molecular flexibility index (Phi) is 8.46. The Labute approximate surface area is 107 Å². The molecule has 0 radical (unpaired) electrons. The normalized spacial score (nSPS) is 19.9. The molecule has 0 aromatic heterocycles. The Hall–Kier alpha value is 0.350. The lowest BCUT2D eigenvalue weighted by Crippen LogP contribution is -2.11. The molecule has 0 bridgehead atoms. The molecular weight excluding hydrogens is 212 g/mol. The topological polar surface area (TPSA) is 0 Å².